The third-order valence-electron chi connectivity index (χ3n) is 5.33. The van der Waals surface area contributed by atoms with Crippen molar-refractivity contribution in [3.05, 3.63) is 53.6 Å². The summed E-state index contributed by atoms with van der Waals surface area (Å²) in [6, 6.07) is 13.4. The van der Waals surface area contributed by atoms with Gasteiger partial charge in [0.2, 0.25) is 5.91 Å². The normalized spacial score (nSPS) is 16.5. The first-order chi connectivity index (χ1) is 13.7. The number of fused-ring (bicyclic) bond motifs is 1. The van der Waals surface area contributed by atoms with E-state index in [0.29, 0.717) is 25.3 Å². The van der Waals surface area contributed by atoms with Gasteiger partial charge in [-0.05, 0) is 54.8 Å². The summed E-state index contributed by atoms with van der Waals surface area (Å²) >= 11 is 0. The summed E-state index contributed by atoms with van der Waals surface area (Å²) in [6.07, 6.45) is 2.49. The van der Waals surface area contributed by atoms with Crippen LogP contribution in [0.3, 0.4) is 0 Å². The van der Waals surface area contributed by atoms with Crippen molar-refractivity contribution in [3.8, 4) is 11.5 Å². The molecule has 6 nitrogen and oxygen atoms in total. The van der Waals surface area contributed by atoms with Gasteiger partial charge < -0.3 is 19.7 Å². The lowest BCUT2D eigenvalue weighted by atomic mass is 9.95. The van der Waals surface area contributed by atoms with Gasteiger partial charge in [0, 0.05) is 36.8 Å². The summed E-state index contributed by atoms with van der Waals surface area (Å²) in [6.45, 7) is 3.29. The van der Waals surface area contributed by atoms with Crippen molar-refractivity contribution < 1.29 is 19.1 Å². The van der Waals surface area contributed by atoms with Crippen molar-refractivity contribution in [1.82, 2.24) is 5.32 Å². The maximum atomic E-state index is 12.6. The summed E-state index contributed by atoms with van der Waals surface area (Å²) in [5, 5.41) is 3.05. The molecular formula is C22H24N2O4. The number of nitrogens with zero attached hydrogens (tertiary/aromatic N) is 1. The number of amides is 1. The van der Waals surface area contributed by atoms with Gasteiger partial charge in [0.05, 0.1) is 0 Å². The Kier molecular flexibility index (Phi) is 5.46. The van der Waals surface area contributed by atoms with E-state index in [0.717, 1.165) is 55.0 Å². The van der Waals surface area contributed by atoms with E-state index in [1.807, 2.05) is 42.5 Å². The zero-order valence-electron chi connectivity index (χ0n) is 15.7. The minimum Gasteiger partial charge on any atom is -0.486 e. The maximum absolute atomic E-state index is 12.6. The van der Waals surface area contributed by atoms with Crippen molar-refractivity contribution in [2.24, 2.45) is 5.92 Å². The highest BCUT2D eigenvalue weighted by Gasteiger charge is 2.25. The number of benzene rings is 2. The molecule has 146 valence electrons. The van der Waals surface area contributed by atoms with Crippen molar-refractivity contribution in [2.45, 2.75) is 19.4 Å². The van der Waals surface area contributed by atoms with Crippen LogP contribution in [0.4, 0.5) is 5.69 Å². The topological polar surface area (TPSA) is 67.9 Å². The fraction of sp³-hybridized carbons (Fsp3) is 0.364. The summed E-state index contributed by atoms with van der Waals surface area (Å²) in [5.74, 6) is 1.63. The predicted molar refractivity (Wildman–Crippen MR) is 106 cm³/mol. The Morgan fingerprint density at radius 1 is 1.04 bits per heavy atom. The lowest BCUT2D eigenvalue weighted by Crippen LogP contribution is -2.40. The molecule has 0 aliphatic carbocycles. The number of aldehydes is 1. The van der Waals surface area contributed by atoms with E-state index in [2.05, 4.69) is 10.2 Å². The third-order valence-corrected chi connectivity index (χ3v) is 5.33. The summed E-state index contributed by atoms with van der Waals surface area (Å²) in [4.78, 5) is 25.6. The van der Waals surface area contributed by atoms with Crippen LogP contribution < -0.4 is 19.7 Å². The number of ether oxygens (including phenoxy) is 2. The predicted octanol–water partition coefficient (Wildman–Crippen LogP) is 2.80. The van der Waals surface area contributed by atoms with Gasteiger partial charge in [-0.15, -0.1) is 0 Å². The third kappa shape index (κ3) is 4.11. The Hall–Kier alpha value is -3.02. The van der Waals surface area contributed by atoms with E-state index in [9.17, 15) is 9.59 Å². The second kappa shape index (κ2) is 8.33. The zero-order valence-corrected chi connectivity index (χ0v) is 15.7. The van der Waals surface area contributed by atoms with Gasteiger partial charge >= 0.3 is 0 Å². The lowest BCUT2D eigenvalue weighted by molar-refractivity contribution is -0.125. The molecule has 6 heteroatoms. The van der Waals surface area contributed by atoms with Crippen molar-refractivity contribution in [3.63, 3.8) is 0 Å². The van der Waals surface area contributed by atoms with Crippen LogP contribution in [0.25, 0.3) is 0 Å². The number of piperidine rings is 1. The Labute approximate surface area is 164 Å². The number of hydrogen-bond acceptors (Lipinski definition) is 5. The van der Waals surface area contributed by atoms with Crippen LogP contribution >= 0.6 is 0 Å². The molecule has 0 saturated carbocycles. The van der Waals surface area contributed by atoms with Gasteiger partial charge in [-0.25, -0.2) is 0 Å². The molecule has 0 spiro atoms. The van der Waals surface area contributed by atoms with Gasteiger partial charge in [-0.2, -0.15) is 0 Å². The van der Waals surface area contributed by atoms with Crippen LogP contribution in [0.2, 0.25) is 0 Å². The lowest BCUT2D eigenvalue weighted by Gasteiger charge is -2.33. The SMILES string of the molecule is O=Cc1ccc(N2CCC(C(=O)NCc3ccc4c(c3)OCCO4)CC2)cc1. The Morgan fingerprint density at radius 3 is 2.46 bits per heavy atom. The molecule has 2 heterocycles. The fourth-order valence-electron chi connectivity index (χ4n) is 3.69. The first-order valence-corrected chi connectivity index (χ1v) is 9.69. The standard InChI is InChI=1S/C22H24N2O4/c25-15-16-1-4-19(5-2-16)24-9-7-18(8-10-24)22(26)23-14-17-3-6-20-21(13-17)28-12-11-27-20/h1-6,13,15,18H,7-12,14H2,(H,23,26). The second-order valence-corrected chi connectivity index (χ2v) is 7.17. The van der Waals surface area contributed by atoms with Gasteiger partial charge in [0.15, 0.2) is 11.5 Å². The van der Waals surface area contributed by atoms with Crippen LogP contribution in [0.15, 0.2) is 42.5 Å². The van der Waals surface area contributed by atoms with Crippen LogP contribution in [-0.2, 0) is 11.3 Å². The average molecular weight is 380 g/mol. The molecule has 1 saturated heterocycles. The Balaban J connectivity index is 1.27. The summed E-state index contributed by atoms with van der Waals surface area (Å²) in [7, 11) is 0. The molecule has 0 atom stereocenters. The minimum atomic E-state index is 0.0303. The number of carbonyl (C=O) groups excluding carboxylic acids is 2. The van der Waals surface area contributed by atoms with Crippen LogP contribution in [-0.4, -0.2) is 38.5 Å². The molecule has 2 aromatic carbocycles. The average Bonchev–Trinajstić information content (AvgIpc) is 2.77. The molecule has 0 aromatic heterocycles. The van der Waals surface area contributed by atoms with Crippen LogP contribution in [0.5, 0.6) is 11.5 Å². The monoisotopic (exact) mass is 380 g/mol. The molecule has 2 aliphatic rings. The number of rotatable bonds is 5. The van der Waals surface area contributed by atoms with Gasteiger partial charge in [0.1, 0.15) is 19.5 Å². The number of anilines is 1. The largest absolute Gasteiger partial charge is 0.486 e. The van der Waals surface area contributed by atoms with Gasteiger partial charge in [-0.1, -0.05) is 6.07 Å². The zero-order chi connectivity index (χ0) is 19.3. The first kappa shape index (κ1) is 18.3. The molecular weight excluding hydrogens is 356 g/mol. The molecule has 0 bridgehead atoms. The highest BCUT2D eigenvalue weighted by atomic mass is 16.6. The van der Waals surface area contributed by atoms with Gasteiger partial charge in [-0.3, -0.25) is 9.59 Å². The molecule has 0 radical (unpaired) electrons. The van der Waals surface area contributed by atoms with E-state index in [1.54, 1.807) is 0 Å². The minimum absolute atomic E-state index is 0.0303. The molecule has 0 unspecified atom stereocenters. The molecule has 1 amide bonds. The van der Waals surface area contributed by atoms with E-state index in [1.165, 1.54) is 0 Å². The molecule has 4 rings (SSSR count). The van der Waals surface area contributed by atoms with Crippen molar-refractivity contribution >= 4 is 17.9 Å². The molecule has 1 N–H and O–H groups in total. The number of carbonyl (C=O) groups is 2. The number of hydrogen-bond donors (Lipinski definition) is 1. The van der Waals surface area contributed by atoms with E-state index < -0.39 is 0 Å². The van der Waals surface area contributed by atoms with Crippen molar-refractivity contribution in [1.29, 1.82) is 0 Å². The Bertz CT molecular complexity index is 842. The molecule has 2 aliphatic heterocycles. The maximum Gasteiger partial charge on any atom is 0.223 e. The van der Waals surface area contributed by atoms with E-state index in [-0.39, 0.29) is 11.8 Å². The molecule has 28 heavy (non-hydrogen) atoms. The summed E-state index contributed by atoms with van der Waals surface area (Å²) in [5.41, 5.74) is 2.78. The van der Waals surface area contributed by atoms with E-state index in [4.69, 9.17) is 9.47 Å². The van der Waals surface area contributed by atoms with Crippen molar-refractivity contribution in [2.75, 3.05) is 31.2 Å². The molecule has 1 fully saturated rings. The quantitative estimate of drug-likeness (QED) is 0.808. The van der Waals surface area contributed by atoms with E-state index >= 15 is 0 Å². The molecule has 2 aromatic rings. The highest BCUT2D eigenvalue weighted by Crippen LogP contribution is 2.30. The van der Waals surface area contributed by atoms with Gasteiger partial charge in [0.25, 0.3) is 0 Å². The van der Waals surface area contributed by atoms with Crippen LogP contribution in [0.1, 0.15) is 28.8 Å². The first-order valence-electron chi connectivity index (χ1n) is 9.69. The fourth-order valence-corrected chi connectivity index (χ4v) is 3.69. The summed E-state index contributed by atoms with van der Waals surface area (Å²) < 4.78 is 11.1. The van der Waals surface area contributed by atoms with Crippen LogP contribution in [0, 0.1) is 5.92 Å². The second-order valence-electron chi connectivity index (χ2n) is 7.17. The number of nitrogens with one attached hydrogen (secondary N) is 1. The smallest absolute Gasteiger partial charge is 0.223 e. The Morgan fingerprint density at radius 2 is 1.75 bits per heavy atom. The highest BCUT2D eigenvalue weighted by molar-refractivity contribution is 5.79.